The molecule has 1 N–H and O–H groups in total. The van der Waals surface area contributed by atoms with E-state index in [4.69, 9.17) is 18.9 Å². The van der Waals surface area contributed by atoms with Crippen molar-refractivity contribution in [2.45, 2.75) is 51.6 Å². The summed E-state index contributed by atoms with van der Waals surface area (Å²) in [6.07, 6.45) is 4.60. The molecular weight excluding hydrogens is 436 g/mol. The van der Waals surface area contributed by atoms with Crippen LogP contribution in [0.15, 0.2) is 48.5 Å². The first kappa shape index (κ1) is 25.2. The molecule has 0 bridgehead atoms. The van der Waals surface area contributed by atoms with Gasteiger partial charge >= 0.3 is 12.2 Å². The maximum absolute atomic E-state index is 12.5. The highest BCUT2D eigenvalue weighted by Gasteiger charge is 2.26. The lowest BCUT2D eigenvalue weighted by atomic mass is 10.1. The Labute approximate surface area is 201 Å². The van der Waals surface area contributed by atoms with Crippen LogP contribution in [-0.4, -0.2) is 49.9 Å². The van der Waals surface area contributed by atoms with Crippen molar-refractivity contribution in [3.8, 4) is 23.0 Å². The first-order chi connectivity index (χ1) is 16.6. The zero-order chi connectivity index (χ0) is 24.2. The van der Waals surface area contributed by atoms with Crippen LogP contribution in [0.3, 0.4) is 0 Å². The number of hydrogen-bond donors (Lipinski definition) is 1. The van der Waals surface area contributed by atoms with Crippen LogP contribution in [0.4, 0.5) is 9.59 Å². The number of nitrogens with zero attached hydrogens (tertiary/aromatic N) is 1. The number of unbranched alkanes of at least 4 members (excludes halogenated alkanes) is 3. The Morgan fingerprint density at radius 3 is 2.06 bits per heavy atom. The number of nitrogens with one attached hydrogen (secondary N) is 1. The Morgan fingerprint density at radius 1 is 0.882 bits per heavy atom. The van der Waals surface area contributed by atoms with Gasteiger partial charge in [-0.25, -0.2) is 9.59 Å². The van der Waals surface area contributed by atoms with Gasteiger partial charge in [0.1, 0.15) is 29.1 Å². The predicted molar refractivity (Wildman–Crippen MR) is 129 cm³/mol. The van der Waals surface area contributed by atoms with E-state index >= 15 is 0 Å². The minimum atomic E-state index is -0.414. The molecule has 1 aliphatic rings. The van der Waals surface area contributed by atoms with E-state index in [1.54, 1.807) is 36.3 Å². The van der Waals surface area contributed by atoms with Gasteiger partial charge in [-0.15, -0.1) is 0 Å². The van der Waals surface area contributed by atoms with Crippen molar-refractivity contribution in [2.75, 3.05) is 26.7 Å². The van der Waals surface area contributed by atoms with E-state index in [0.717, 1.165) is 25.0 Å². The second-order valence-corrected chi connectivity index (χ2v) is 8.20. The number of benzene rings is 2. The van der Waals surface area contributed by atoms with Crippen molar-refractivity contribution in [1.82, 2.24) is 10.2 Å². The number of piperidine rings is 1. The van der Waals surface area contributed by atoms with Gasteiger partial charge < -0.3 is 29.2 Å². The Kier molecular flexibility index (Phi) is 9.88. The first-order valence-corrected chi connectivity index (χ1v) is 11.9. The first-order valence-electron chi connectivity index (χ1n) is 11.9. The SMILES string of the molecule is CCCCCCNC(=O)OC1CCN(C(=O)Oc2ccc(Oc3ccc(OC)cc3)cc2)CC1. The number of ether oxygens (including phenoxy) is 4. The van der Waals surface area contributed by atoms with Crippen LogP contribution in [0.2, 0.25) is 0 Å². The molecule has 0 radical (unpaired) electrons. The lowest BCUT2D eigenvalue weighted by molar-refractivity contribution is 0.0525. The van der Waals surface area contributed by atoms with Gasteiger partial charge in [-0.05, 0) is 55.0 Å². The van der Waals surface area contributed by atoms with Crippen molar-refractivity contribution >= 4 is 12.2 Å². The van der Waals surface area contributed by atoms with Gasteiger partial charge in [0, 0.05) is 32.5 Å². The van der Waals surface area contributed by atoms with Crippen molar-refractivity contribution < 1.29 is 28.5 Å². The molecule has 0 atom stereocenters. The highest BCUT2D eigenvalue weighted by Crippen LogP contribution is 2.26. The average Bonchev–Trinajstić information content (AvgIpc) is 2.86. The number of carbonyl (C=O) groups is 2. The van der Waals surface area contributed by atoms with Crippen LogP contribution in [0.5, 0.6) is 23.0 Å². The topological polar surface area (TPSA) is 86.3 Å². The van der Waals surface area contributed by atoms with Gasteiger partial charge in [-0.3, -0.25) is 0 Å². The molecule has 2 amide bonds. The summed E-state index contributed by atoms with van der Waals surface area (Å²) in [6, 6.07) is 14.1. The molecule has 0 aliphatic carbocycles. The molecule has 2 aromatic rings. The standard InChI is InChI=1S/C26H34N2O6/c1-3-4-5-6-17-27-25(29)33-24-15-18-28(19-16-24)26(30)34-23-13-11-22(12-14-23)32-21-9-7-20(31-2)8-10-21/h7-14,24H,3-6,15-19H2,1-2H3,(H,27,29). The Morgan fingerprint density at radius 2 is 1.47 bits per heavy atom. The predicted octanol–water partition coefficient (Wildman–Crippen LogP) is 5.76. The second kappa shape index (κ2) is 13.3. The third kappa shape index (κ3) is 8.17. The van der Waals surface area contributed by atoms with Gasteiger partial charge in [0.2, 0.25) is 0 Å². The van der Waals surface area contributed by atoms with E-state index in [1.807, 2.05) is 24.3 Å². The van der Waals surface area contributed by atoms with Crippen LogP contribution in [-0.2, 0) is 4.74 Å². The number of likely N-dealkylation sites (tertiary alicyclic amines) is 1. The maximum atomic E-state index is 12.5. The molecule has 1 aliphatic heterocycles. The number of alkyl carbamates (subject to hydrolysis) is 1. The summed E-state index contributed by atoms with van der Waals surface area (Å²) in [5.74, 6) is 2.51. The highest BCUT2D eigenvalue weighted by atomic mass is 16.6. The molecule has 34 heavy (non-hydrogen) atoms. The molecule has 0 unspecified atom stereocenters. The summed E-state index contributed by atoms with van der Waals surface area (Å²) in [7, 11) is 1.61. The molecule has 184 valence electrons. The maximum Gasteiger partial charge on any atom is 0.415 e. The van der Waals surface area contributed by atoms with Gasteiger partial charge in [0.15, 0.2) is 0 Å². The molecule has 8 nitrogen and oxygen atoms in total. The quantitative estimate of drug-likeness (QED) is 0.445. The Hall–Kier alpha value is -3.42. The molecule has 0 saturated carbocycles. The molecule has 1 saturated heterocycles. The van der Waals surface area contributed by atoms with Crippen molar-refractivity contribution in [3.63, 3.8) is 0 Å². The zero-order valence-corrected chi connectivity index (χ0v) is 20.0. The number of amides is 2. The van der Waals surface area contributed by atoms with E-state index in [0.29, 0.717) is 49.7 Å². The fourth-order valence-electron chi connectivity index (χ4n) is 3.61. The van der Waals surface area contributed by atoms with Crippen LogP contribution in [0.25, 0.3) is 0 Å². The average molecular weight is 471 g/mol. The van der Waals surface area contributed by atoms with Crippen molar-refractivity contribution in [2.24, 2.45) is 0 Å². The number of hydrogen-bond acceptors (Lipinski definition) is 6. The number of rotatable bonds is 10. The van der Waals surface area contributed by atoms with Gasteiger partial charge in [-0.1, -0.05) is 26.2 Å². The summed E-state index contributed by atoms with van der Waals surface area (Å²) >= 11 is 0. The van der Waals surface area contributed by atoms with E-state index in [9.17, 15) is 9.59 Å². The van der Waals surface area contributed by atoms with Crippen LogP contribution >= 0.6 is 0 Å². The molecular formula is C26H34N2O6. The number of carbonyl (C=O) groups excluding carboxylic acids is 2. The number of methoxy groups -OCH3 is 1. The molecule has 0 aromatic heterocycles. The minimum absolute atomic E-state index is 0.186. The van der Waals surface area contributed by atoms with Crippen LogP contribution in [0.1, 0.15) is 45.4 Å². The van der Waals surface area contributed by atoms with Crippen LogP contribution < -0.4 is 19.5 Å². The molecule has 0 spiro atoms. The van der Waals surface area contributed by atoms with E-state index in [-0.39, 0.29) is 12.2 Å². The Balaban J connectivity index is 1.37. The molecule has 1 fully saturated rings. The fraction of sp³-hybridized carbons (Fsp3) is 0.462. The van der Waals surface area contributed by atoms with Gasteiger partial charge in [0.25, 0.3) is 0 Å². The van der Waals surface area contributed by atoms with Gasteiger partial charge in [-0.2, -0.15) is 0 Å². The summed E-state index contributed by atoms with van der Waals surface area (Å²) < 4.78 is 21.9. The summed E-state index contributed by atoms with van der Waals surface area (Å²) in [4.78, 5) is 26.0. The monoisotopic (exact) mass is 470 g/mol. The van der Waals surface area contributed by atoms with Gasteiger partial charge in [0.05, 0.1) is 7.11 Å². The highest BCUT2D eigenvalue weighted by molar-refractivity contribution is 5.71. The largest absolute Gasteiger partial charge is 0.497 e. The molecule has 1 heterocycles. The van der Waals surface area contributed by atoms with E-state index < -0.39 is 6.09 Å². The van der Waals surface area contributed by atoms with E-state index in [1.165, 1.54) is 6.42 Å². The lowest BCUT2D eigenvalue weighted by Gasteiger charge is -2.30. The van der Waals surface area contributed by atoms with E-state index in [2.05, 4.69) is 12.2 Å². The smallest absolute Gasteiger partial charge is 0.415 e. The minimum Gasteiger partial charge on any atom is -0.497 e. The molecule has 3 rings (SSSR count). The fourth-order valence-corrected chi connectivity index (χ4v) is 3.61. The third-order valence-corrected chi connectivity index (χ3v) is 5.60. The zero-order valence-electron chi connectivity index (χ0n) is 20.0. The normalized spacial score (nSPS) is 13.8. The third-order valence-electron chi connectivity index (χ3n) is 5.60. The van der Waals surface area contributed by atoms with Crippen molar-refractivity contribution in [3.05, 3.63) is 48.5 Å². The summed E-state index contributed by atoms with van der Waals surface area (Å²) in [5.41, 5.74) is 0. The lowest BCUT2D eigenvalue weighted by Crippen LogP contribution is -2.43. The van der Waals surface area contributed by atoms with Crippen LogP contribution in [0, 0.1) is 0 Å². The second-order valence-electron chi connectivity index (χ2n) is 8.20. The molecule has 8 heteroatoms. The van der Waals surface area contributed by atoms with Crippen molar-refractivity contribution in [1.29, 1.82) is 0 Å². The summed E-state index contributed by atoms with van der Waals surface area (Å²) in [5, 5.41) is 2.80. The Bertz CT molecular complexity index is 893. The molecule has 2 aromatic carbocycles. The summed E-state index contributed by atoms with van der Waals surface area (Å²) in [6.45, 7) is 3.74.